The first kappa shape index (κ1) is 13.5. The van der Waals surface area contributed by atoms with E-state index >= 15 is 0 Å². The van der Waals surface area contributed by atoms with Crippen molar-refractivity contribution in [3.8, 4) is 0 Å². The van der Waals surface area contributed by atoms with Gasteiger partial charge in [0.1, 0.15) is 6.20 Å². The Morgan fingerprint density at radius 2 is 2.32 bits per heavy atom. The molecule has 0 unspecified atom stereocenters. The number of aliphatic hydroxyl groups excluding tert-OH is 1. The minimum Gasteiger partial charge on any atom is -0.396 e. The molecule has 8 heteroatoms. The van der Waals surface area contributed by atoms with Crippen LogP contribution in [0.3, 0.4) is 0 Å². The molecule has 0 spiro atoms. The zero-order valence-corrected chi connectivity index (χ0v) is 10.7. The van der Waals surface area contributed by atoms with Crippen LogP contribution in [0.1, 0.15) is 19.3 Å². The van der Waals surface area contributed by atoms with Crippen LogP contribution in [-0.2, 0) is 0 Å². The number of nitro groups is 1. The lowest BCUT2D eigenvalue weighted by molar-refractivity contribution is -0.384. The van der Waals surface area contributed by atoms with Crippen molar-refractivity contribution >= 4 is 17.5 Å². The van der Waals surface area contributed by atoms with Gasteiger partial charge in [-0.1, -0.05) is 0 Å². The summed E-state index contributed by atoms with van der Waals surface area (Å²) in [7, 11) is 1.65. The van der Waals surface area contributed by atoms with Gasteiger partial charge < -0.3 is 15.7 Å². The van der Waals surface area contributed by atoms with E-state index in [0.29, 0.717) is 18.9 Å². The second-order valence-electron chi connectivity index (χ2n) is 4.76. The van der Waals surface area contributed by atoms with Crippen LogP contribution in [0.15, 0.2) is 6.20 Å². The molecule has 104 valence electrons. The van der Waals surface area contributed by atoms with Crippen LogP contribution in [0.25, 0.3) is 0 Å². The van der Waals surface area contributed by atoms with Crippen molar-refractivity contribution in [2.45, 2.75) is 19.3 Å². The van der Waals surface area contributed by atoms with Crippen LogP contribution in [0.2, 0.25) is 0 Å². The third kappa shape index (κ3) is 3.08. The fourth-order valence-electron chi connectivity index (χ4n) is 1.96. The maximum absolute atomic E-state index is 10.9. The highest BCUT2D eigenvalue weighted by atomic mass is 16.6. The van der Waals surface area contributed by atoms with E-state index in [4.69, 9.17) is 5.11 Å². The smallest absolute Gasteiger partial charge is 0.329 e. The molecule has 1 heterocycles. The van der Waals surface area contributed by atoms with Gasteiger partial charge in [0.15, 0.2) is 0 Å². The van der Waals surface area contributed by atoms with Crippen LogP contribution < -0.4 is 10.6 Å². The Morgan fingerprint density at radius 1 is 1.58 bits per heavy atom. The normalized spacial score (nSPS) is 15.9. The maximum atomic E-state index is 10.9. The van der Waals surface area contributed by atoms with Crippen LogP contribution in [0, 0.1) is 15.5 Å². The van der Waals surface area contributed by atoms with E-state index < -0.39 is 4.92 Å². The van der Waals surface area contributed by atoms with Gasteiger partial charge in [0.05, 0.1) is 4.92 Å². The molecule has 8 nitrogen and oxygen atoms in total. The Kier molecular flexibility index (Phi) is 3.79. The highest BCUT2D eigenvalue weighted by Crippen LogP contribution is 2.48. The van der Waals surface area contributed by atoms with Gasteiger partial charge >= 0.3 is 5.69 Å². The molecule has 0 aliphatic heterocycles. The van der Waals surface area contributed by atoms with Gasteiger partial charge in [-0.15, -0.1) is 0 Å². The van der Waals surface area contributed by atoms with Gasteiger partial charge in [0, 0.05) is 20.2 Å². The first-order valence-corrected chi connectivity index (χ1v) is 6.14. The minimum absolute atomic E-state index is 0.0629. The van der Waals surface area contributed by atoms with Crippen LogP contribution in [-0.4, -0.2) is 40.2 Å². The molecular formula is C11H17N5O3. The molecule has 0 amide bonds. The Balaban J connectivity index is 2.11. The lowest BCUT2D eigenvalue weighted by atomic mass is 10.0. The molecule has 0 aromatic carbocycles. The summed E-state index contributed by atoms with van der Waals surface area (Å²) in [5.74, 6) is 0.550. The topological polar surface area (TPSA) is 113 Å². The molecule has 1 aromatic heterocycles. The summed E-state index contributed by atoms with van der Waals surface area (Å²) in [6.45, 7) is 0.712. The van der Waals surface area contributed by atoms with E-state index in [0.717, 1.165) is 12.8 Å². The molecule has 1 fully saturated rings. The summed E-state index contributed by atoms with van der Waals surface area (Å²) < 4.78 is 0. The van der Waals surface area contributed by atoms with Gasteiger partial charge in [0.25, 0.3) is 0 Å². The Morgan fingerprint density at radius 3 is 2.84 bits per heavy atom. The summed E-state index contributed by atoms with van der Waals surface area (Å²) in [4.78, 5) is 18.3. The standard InChI is InChI=1S/C11H17N5O3/c1-12-10-13-6-8(16(18)19)9(15-10)14-7-11(2-3-11)4-5-17/h6,17H,2-5,7H2,1H3,(H2,12,13,14,15). The lowest BCUT2D eigenvalue weighted by Crippen LogP contribution is -2.18. The summed E-state index contributed by atoms with van der Waals surface area (Å²) in [5.41, 5.74) is -0.0771. The van der Waals surface area contributed by atoms with Crippen molar-refractivity contribution in [3.05, 3.63) is 16.3 Å². The predicted octanol–water partition coefficient (Wildman–Crippen LogP) is 1.00. The van der Waals surface area contributed by atoms with E-state index in [9.17, 15) is 10.1 Å². The number of aromatic nitrogens is 2. The highest BCUT2D eigenvalue weighted by Gasteiger charge is 2.42. The maximum Gasteiger partial charge on any atom is 0.329 e. The first-order chi connectivity index (χ1) is 9.10. The number of aliphatic hydroxyl groups is 1. The minimum atomic E-state index is -0.507. The van der Waals surface area contributed by atoms with E-state index in [2.05, 4.69) is 20.6 Å². The van der Waals surface area contributed by atoms with Crippen molar-refractivity contribution in [1.82, 2.24) is 9.97 Å². The SMILES string of the molecule is CNc1ncc([N+](=O)[O-])c(NCC2(CCO)CC2)n1. The number of nitrogens with zero attached hydrogens (tertiary/aromatic N) is 3. The molecule has 19 heavy (non-hydrogen) atoms. The molecular weight excluding hydrogens is 250 g/mol. The Hall–Kier alpha value is -1.96. The molecule has 0 radical (unpaired) electrons. The van der Waals surface area contributed by atoms with Crippen molar-refractivity contribution in [1.29, 1.82) is 0 Å². The van der Waals surface area contributed by atoms with Crippen LogP contribution in [0.5, 0.6) is 0 Å². The number of nitrogens with one attached hydrogen (secondary N) is 2. The number of anilines is 2. The lowest BCUT2D eigenvalue weighted by Gasteiger charge is -2.15. The molecule has 0 bridgehead atoms. The van der Waals surface area contributed by atoms with E-state index in [1.165, 1.54) is 6.20 Å². The summed E-state index contributed by atoms with van der Waals surface area (Å²) >= 11 is 0. The molecule has 0 saturated heterocycles. The molecule has 0 atom stereocenters. The fourth-order valence-corrected chi connectivity index (χ4v) is 1.96. The van der Waals surface area contributed by atoms with Crippen LogP contribution >= 0.6 is 0 Å². The van der Waals surface area contributed by atoms with Gasteiger partial charge in [-0.05, 0) is 24.7 Å². The van der Waals surface area contributed by atoms with E-state index in [1.54, 1.807) is 7.05 Å². The predicted molar refractivity (Wildman–Crippen MR) is 70.1 cm³/mol. The Bertz CT molecular complexity index is 475. The zero-order chi connectivity index (χ0) is 13.9. The third-order valence-electron chi connectivity index (χ3n) is 3.42. The monoisotopic (exact) mass is 267 g/mol. The van der Waals surface area contributed by atoms with Crippen LogP contribution in [0.4, 0.5) is 17.5 Å². The average molecular weight is 267 g/mol. The van der Waals surface area contributed by atoms with Crippen molar-refractivity contribution in [2.75, 3.05) is 30.8 Å². The number of rotatable bonds is 7. The fraction of sp³-hybridized carbons (Fsp3) is 0.636. The molecule has 1 aliphatic carbocycles. The molecule has 1 aromatic rings. The first-order valence-electron chi connectivity index (χ1n) is 6.14. The third-order valence-corrected chi connectivity index (χ3v) is 3.42. The van der Waals surface area contributed by atoms with Crippen molar-refractivity contribution < 1.29 is 10.0 Å². The summed E-state index contributed by atoms with van der Waals surface area (Å²) in [5, 5.41) is 25.7. The summed E-state index contributed by atoms with van der Waals surface area (Å²) in [6.07, 6.45) is 3.95. The van der Waals surface area contributed by atoms with Crippen molar-refractivity contribution in [3.63, 3.8) is 0 Å². The molecule has 3 N–H and O–H groups in total. The average Bonchev–Trinajstić information content (AvgIpc) is 3.16. The molecule has 1 saturated carbocycles. The second kappa shape index (κ2) is 5.35. The highest BCUT2D eigenvalue weighted by molar-refractivity contribution is 5.57. The summed E-state index contributed by atoms with van der Waals surface area (Å²) in [6, 6.07) is 0. The van der Waals surface area contributed by atoms with Gasteiger partial charge in [-0.2, -0.15) is 4.98 Å². The van der Waals surface area contributed by atoms with Gasteiger partial charge in [0.2, 0.25) is 11.8 Å². The number of hydrogen-bond donors (Lipinski definition) is 3. The quantitative estimate of drug-likeness (QED) is 0.499. The zero-order valence-electron chi connectivity index (χ0n) is 10.7. The molecule has 1 aliphatic rings. The Labute approximate surface area is 110 Å². The second-order valence-corrected chi connectivity index (χ2v) is 4.76. The van der Waals surface area contributed by atoms with Crippen molar-refractivity contribution in [2.24, 2.45) is 5.41 Å². The molecule has 2 rings (SSSR count). The van der Waals surface area contributed by atoms with Gasteiger partial charge in [-0.25, -0.2) is 4.98 Å². The van der Waals surface area contributed by atoms with E-state index in [-0.39, 0.29) is 23.5 Å². The largest absolute Gasteiger partial charge is 0.396 e. The van der Waals surface area contributed by atoms with Gasteiger partial charge in [-0.3, -0.25) is 10.1 Å². The van der Waals surface area contributed by atoms with E-state index in [1.807, 2.05) is 0 Å². The number of hydrogen-bond acceptors (Lipinski definition) is 7.